The first-order valence-electron chi connectivity index (χ1n) is 17.1. The second-order valence-electron chi connectivity index (χ2n) is 12.5. The molecular weight excluding hydrogens is 726 g/mol. The number of aromatic amines is 2. The summed E-state index contributed by atoms with van der Waals surface area (Å²) in [5.74, 6) is -0.549. The molecule has 0 saturated heterocycles. The number of halogens is 2. The minimum Gasteiger partial charge on any atom is -0.354 e. The van der Waals surface area contributed by atoms with Crippen LogP contribution in [0.1, 0.15) is 11.1 Å². The summed E-state index contributed by atoms with van der Waals surface area (Å²) in [7, 11) is 0. The van der Waals surface area contributed by atoms with E-state index >= 15 is 0 Å². The molecule has 0 bridgehead atoms. The smallest absolute Gasteiger partial charge is 0.334 e. The van der Waals surface area contributed by atoms with Crippen LogP contribution in [0.15, 0.2) is 117 Å². The number of pyridine rings is 2. The van der Waals surface area contributed by atoms with Crippen molar-refractivity contribution in [3.63, 3.8) is 0 Å². The van der Waals surface area contributed by atoms with E-state index in [2.05, 4.69) is 50.5 Å². The Labute approximate surface area is 312 Å². The average molecular weight is 755 g/mol. The maximum absolute atomic E-state index is 14.9. The first kappa shape index (κ1) is 35.3. The summed E-state index contributed by atoms with van der Waals surface area (Å²) in [6.45, 7) is 0.641. The number of benzene rings is 2. The lowest BCUT2D eigenvalue weighted by Crippen LogP contribution is -2.34. The van der Waals surface area contributed by atoms with Gasteiger partial charge in [-0.3, -0.25) is 29.5 Å². The summed E-state index contributed by atoms with van der Waals surface area (Å²) >= 11 is 0. The summed E-state index contributed by atoms with van der Waals surface area (Å²) in [6.07, 6.45) is 7.74. The molecule has 0 aliphatic carbocycles. The molecule has 0 spiro atoms. The molecule has 8 aromatic rings. The lowest BCUT2D eigenvalue weighted by Gasteiger charge is -2.11. The summed E-state index contributed by atoms with van der Waals surface area (Å²) in [5.41, 5.74) is -0.0853. The average Bonchev–Trinajstić information content (AvgIpc) is 3.18. The molecule has 4 N–H and O–H groups in total. The van der Waals surface area contributed by atoms with Crippen LogP contribution in [0.4, 0.5) is 20.7 Å². The fourth-order valence-corrected chi connectivity index (χ4v) is 6.12. The van der Waals surface area contributed by atoms with Crippen LogP contribution < -0.4 is 33.1 Å². The van der Waals surface area contributed by atoms with E-state index in [9.17, 15) is 28.0 Å². The van der Waals surface area contributed by atoms with E-state index in [1.165, 1.54) is 67.4 Å². The van der Waals surface area contributed by atoms with Gasteiger partial charge in [0, 0.05) is 43.4 Å². The maximum atomic E-state index is 14.9. The monoisotopic (exact) mass is 754 g/mol. The summed E-state index contributed by atoms with van der Waals surface area (Å²) < 4.78 is 30.3. The van der Waals surface area contributed by atoms with Gasteiger partial charge in [-0.15, -0.1) is 0 Å². The molecule has 0 saturated carbocycles. The van der Waals surface area contributed by atoms with Crippen LogP contribution in [0.25, 0.3) is 44.7 Å². The Morgan fingerprint density at radius 1 is 0.607 bits per heavy atom. The highest BCUT2D eigenvalue weighted by Crippen LogP contribution is 2.23. The predicted octanol–water partition coefficient (Wildman–Crippen LogP) is 3.30. The molecule has 0 amide bonds. The zero-order valence-corrected chi connectivity index (χ0v) is 29.0. The van der Waals surface area contributed by atoms with Gasteiger partial charge in [0.2, 0.25) is 11.9 Å². The Hall–Kier alpha value is -7.76. The third-order valence-corrected chi connectivity index (χ3v) is 8.74. The molecule has 0 aliphatic heterocycles. The number of H-pyrrole nitrogens is 2. The second-order valence-corrected chi connectivity index (χ2v) is 12.5. The Morgan fingerprint density at radius 3 is 1.89 bits per heavy atom. The minimum atomic E-state index is -0.755. The summed E-state index contributed by atoms with van der Waals surface area (Å²) in [5, 5.41) is 6.19. The standard InChI is InChI=1S/C38H28F2N12O4/c39-24-4-1-3-21(14-24)6-10-43-35-45-19-28-31(47-35)49-37(55)51(33(28)53)26-8-12-42-30(17-26)23-13-22(15-25(40)16-23)7-11-44-36-46-20-29-32(48-36)50-38(56)52(34(29)54)27-5-2-9-41-18-27/h1-5,8-9,12-20H,6-7,10-11H2,(H2,43,45,47,49,55)(H2,44,46,48,50,56). The van der Waals surface area contributed by atoms with Gasteiger partial charge in [-0.2, -0.15) is 9.97 Å². The number of rotatable bonds is 11. The molecule has 278 valence electrons. The zero-order chi connectivity index (χ0) is 38.8. The van der Waals surface area contributed by atoms with E-state index in [1.807, 2.05) is 0 Å². The van der Waals surface area contributed by atoms with Crippen molar-refractivity contribution >= 4 is 34.0 Å². The molecule has 0 aliphatic rings. The van der Waals surface area contributed by atoms with Gasteiger partial charge in [-0.25, -0.2) is 37.5 Å². The maximum Gasteiger partial charge on any atom is 0.334 e. The predicted molar refractivity (Wildman–Crippen MR) is 203 cm³/mol. The lowest BCUT2D eigenvalue weighted by molar-refractivity contribution is 0.625. The second kappa shape index (κ2) is 14.9. The molecule has 8 rings (SSSR count). The first-order chi connectivity index (χ1) is 27.2. The van der Waals surface area contributed by atoms with Crippen molar-refractivity contribution in [1.82, 2.24) is 49.0 Å². The van der Waals surface area contributed by atoms with Gasteiger partial charge >= 0.3 is 11.4 Å². The molecule has 0 radical (unpaired) electrons. The molecule has 16 nitrogen and oxygen atoms in total. The van der Waals surface area contributed by atoms with E-state index in [4.69, 9.17) is 0 Å². The molecule has 56 heavy (non-hydrogen) atoms. The molecule has 6 aromatic heterocycles. The van der Waals surface area contributed by atoms with Crippen molar-refractivity contribution in [2.45, 2.75) is 12.8 Å². The topological polar surface area (TPSA) is 211 Å². The highest BCUT2D eigenvalue weighted by Gasteiger charge is 2.15. The normalized spacial score (nSPS) is 11.2. The largest absolute Gasteiger partial charge is 0.354 e. The zero-order valence-electron chi connectivity index (χ0n) is 29.0. The van der Waals surface area contributed by atoms with Gasteiger partial charge in [0.1, 0.15) is 22.4 Å². The SMILES string of the molecule is O=c1[nH]c2nc(NCCc3cc(F)cc(-c4cc(-n5c(=O)[nH]c6nc(NCCc7cccc(F)c7)ncc6c5=O)ccn4)c3)ncc2c(=O)n1-c1cccnc1. The highest BCUT2D eigenvalue weighted by molar-refractivity contribution is 5.74. The number of hydrogen-bond donors (Lipinski definition) is 4. The van der Waals surface area contributed by atoms with Crippen LogP contribution in [-0.2, 0) is 12.8 Å². The van der Waals surface area contributed by atoms with Crippen LogP contribution in [0.5, 0.6) is 0 Å². The quantitative estimate of drug-likeness (QED) is 0.150. The van der Waals surface area contributed by atoms with Crippen molar-refractivity contribution in [2.24, 2.45) is 0 Å². The Kier molecular flexibility index (Phi) is 9.41. The van der Waals surface area contributed by atoms with Crippen LogP contribution in [0, 0.1) is 11.6 Å². The van der Waals surface area contributed by atoms with Gasteiger partial charge in [0.05, 0.1) is 23.3 Å². The van der Waals surface area contributed by atoms with E-state index in [0.29, 0.717) is 41.9 Å². The van der Waals surface area contributed by atoms with Crippen LogP contribution in [0.2, 0.25) is 0 Å². The number of nitrogens with zero attached hydrogens (tertiary/aromatic N) is 8. The lowest BCUT2D eigenvalue weighted by atomic mass is 10.0. The van der Waals surface area contributed by atoms with Crippen LogP contribution in [0.3, 0.4) is 0 Å². The molecular formula is C38H28F2N12O4. The van der Waals surface area contributed by atoms with E-state index < -0.39 is 28.3 Å². The minimum absolute atomic E-state index is 0.0312. The fraction of sp³-hybridized carbons (Fsp3) is 0.105. The van der Waals surface area contributed by atoms with Crippen molar-refractivity contribution in [2.75, 3.05) is 23.7 Å². The third-order valence-electron chi connectivity index (χ3n) is 8.74. The first-order valence-corrected chi connectivity index (χ1v) is 17.1. The van der Waals surface area contributed by atoms with Crippen molar-refractivity contribution in [1.29, 1.82) is 0 Å². The summed E-state index contributed by atoms with van der Waals surface area (Å²) in [4.78, 5) is 83.0. The van der Waals surface area contributed by atoms with Crippen LogP contribution in [-0.4, -0.2) is 62.1 Å². The van der Waals surface area contributed by atoms with Gasteiger partial charge in [0.15, 0.2) is 11.3 Å². The van der Waals surface area contributed by atoms with E-state index in [0.717, 1.165) is 14.7 Å². The Morgan fingerprint density at radius 2 is 1.25 bits per heavy atom. The molecule has 2 aromatic carbocycles. The molecule has 0 unspecified atom stereocenters. The van der Waals surface area contributed by atoms with Gasteiger partial charge in [-0.1, -0.05) is 12.1 Å². The molecule has 0 fully saturated rings. The van der Waals surface area contributed by atoms with E-state index in [-0.39, 0.29) is 52.0 Å². The fourth-order valence-electron chi connectivity index (χ4n) is 6.12. The van der Waals surface area contributed by atoms with Crippen molar-refractivity contribution < 1.29 is 8.78 Å². The van der Waals surface area contributed by atoms with Gasteiger partial charge < -0.3 is 10.6 Å². The summed E-state index contributed by atoms with van der Waals surface area (Å²) in [6, 6.07) is 16.7. The Balaban J connectivity index is 0.977. The number of hydrogen-bond acceptors (Lipinski definition) is 12. The highest BCUT2D eigenvalue weighted by atomic mass is 19.1. The number of aromatic nitrogens is 10. The molecule has 6 heterocycles. The van der Waals surface area contributed by atoms with Gasteiger partial charge in [-0.05, 0) is 78.6 Å². The van der Waals surface area contributed by atoms with Gasteiger partial charge in [0.25, 0.3) is 11.1 Å². The van der Waals surface area contributed by atoms with E-state index in [1.54, 1.807) is 30.3 Å². The number of nitrogens with one attached hydrogen (secondary N) is 4. The molecule has 18 heteroatoms. The van der Waals surface area contributed by atoms with Crippen molar-refractivity contribution in [3.05, 3.63) is 162 Å². The number of anilines is 2. The Bertz CT molecular complexity index is 3020. The molecule has 0 atom stereocenters. The van der Waals surface area contributed by atoms with Crippen molar-refractivity contribution in [3.8, 4) is 22.6 Å². The third kappa shape index (κ3) is 7.25. The van der Waals surface area contributed by atoms with Crippen LogP contribution >= 0.6 is 0 Å². The number of fused-ring (bicyclic) bond motifs is 2.